The second-order valence-corrected chi connectivity index (χ2v) is 4.83. The molecule has 0 bridgehead atoms. The predicted octanol–water partition coefficient (Wildman–Crippen LogP) is 1.98. The first-order valence-electron chi connectivity index (χ1n) is 5.39. The third-order valence-electron chi connectivity index (χ3n) is 2.42. The molecule has 0 radical (unpaired) electrons. The lowest BCUT2D eigenvalue weighted by Gasteiger charge is -2.22. The van der Waals surface area contributed by atoms with Crippen molar-refractivity contribution in [2.24, 2.45) is 0 Å². The summed E-state index contributed by atoms with van der Waals surface area (Å²) < 4.78 is 5.26. The summed E-state index contributed by atoms with van der Waals surface area (Å²) in [5.41, 5.74) is 1.12. The number of methoxy groups -OCH3 is 1. The van der Waals surface area contributed by atoms with Crippen LogP contribution >= 0.6 is 0 Å². The van der Waals surface area contributed by atoms with Crippen LogP contribution in [0.2, 0.25) is 0 Å². The fourth-order valence-corrected chi connectivity index (χ4v) is 1.70. The van der Waals surface area contributed by atoms with Gasteiger partial charge in [-0.3, -0.25) is 0 Å². The molecule has 0 atom stereocenters. The molecule has 0 saturated heterocycles. The van der Waals surface area contributed by atoms with Gasteiger partial charge < -0.3 is 14.7 Å². The molecule has 0 unspecified atom stereocenters. The zero-order valence-electron chi connectivity index (χ0n) is 10.7. The lowest BCUT2D eigenvalue weighted by molar-refractivity contribution is 0.0755. The topological polar surface area (TPSA) is 32.7 Å². The van der Waals surface area contributed by atoms with Crippen LogP contribution in [-0.4, -0.2) is 31.2 Å². The van der Waals surface area contributed by atoms with Crippen LogP contribution in [0.15, 0.2) is 18.2 Å². The molecule has 0 aliphatic rings. The zero-order chi connectivity index (χ0) is 12.3. The molecule has 0 fully saturated rings. The Morgan fingerprint density at radius 2 is 1.94 bits per heavy atom. The van der Waals surface area contributed by atoms with Gasteiger partial charge in [0.25, 0.3) is 0 Å². The summed E-state index contributed by atoms with van der Waals surface area (Å²) in [6.45, 7) is 4.39. The number of ether oxygens (including phenoxy) is 1. The molecule has 1 N–H and O–H groups in total. The van der Waals surface area contributed by atoms with E-state index in [9.17, 15) is 5.11 Å². The fraction of sp³-hybridized carbons (Fsp3) is 0.538. The Morgan fingerprint density at radius 1 is 1.31 bits per heavy atom. The Labute approximate surface area is 97.7 Å². The molecular formula is C13H21NO2. The molecule has 0 amide bonds. The Bertz CT molecular complexity index is 353. The van der Waals surface area contributed by atoms with Crippen molar-refractivity contribution in [3.8, 4) is 5.75 Å². The summed E-state index contributed by atoms with van der Waals surface area (Å²) in [7, 11) is 5.66. The largest absolute Gasteiger partial charge is 0.496 e. The standard InChI is InChI=1S/C13H21NO2/c1-13(2,15)11-8-10(9-14(3)4)6-7-12(11)16-5/h6-8,15H,9H2,1-5H3. The highest BCUT2D eigenvalue weighted by Gasteiger charge is 2.21. The van der Waals surface area contributed by atoms with E-state index in [1.54, 1.807) is 21.0 Å². The van der Waals surface area contributed by atoms with E-state index in [-0.39, 0.29) is 0 Å². The minimum absolute atomic E-state index is 0.731. The third kappa shape index (κ3) is 3.22. The van der Waals surface area contributed by atoms with Gasteiger partial charge in [0.05, 0.1) is 12.7 Å². The molecular weight excluding hydrogens is 202 g/mol. The molecule has 0 spiro atoms. The summed E-state index contributed by atoms with van der Waals surface area (Å²) in [6, 6.07) is 5.93. The first kappa shape index (κ1) is 13.0. The van der Waals surface area contributed by atoms with Gasteiger partial charge in [0.1, 0.15) is 5.75 Å². The molecule has 16 heavy (non-hydrogen) atoms. The molecule has 0 aliphatic heterocycles. The van der Waals surface area contributed by atoms with Gasteiger partial charge in [0, 0.05) is 12.1 Å². The Morgan fingerprint density at radius 3 is 2.38 bits per heavy atom. The Kier molecular flexibility index (Phi) is 3.94. The van der Waals surface area contributed by atoms with Gasteiger partial charge in [-0.25, -0.2) is 0 Å². The summed E-state index contributed by atoms with van der Waals surface area (Å²) in [5.74, 6) is 0.731. The van der Waals surface area contributed by atoms with E-state index in [1.165, 1.54) is 5.56 Å². The normalized spacial score (nSPS) is 11.9. The minimum atomic E-state index is -0.881. The first-order valence-corrected chi connectivity index (χ1v) is 5.39. The molecule has 0 heterocycles. The number of benzene rings is 1. The number of aliphatic hydroxyl groups is 1. The quantitative estimate of drug-likeness (QED) is 0.847. The second kappa shape index (κ2) is 4.85. The molecule has 3 heteroatoms. The van der Waals surface area contributed by atoms with E-state index in [4.69, 9.17) is 4.74 Å². The maximum Gasteiger partial charge on any atom is 0.124 e. The molecule has 0 aliphatic carbocycles. The van der Waals surface area contributed by atoms with Gasteiger partial charge in [-0.2, -0.15) is 0 Å². The molecule has 1 aromatic carbocycles. The summed E-state index contributed by atoms with van der Waals surface area (Å²) >= 11 is 0. The SMILES string of the molecule is COc1ccc(CN(C)C)cc1C(C)(C)O. The van der Waals surface area contributed by atoms with Crippen molar-refractivity contribution < 1.29 is 9.84 Å². The molecule has 0 saturated carbocycles. The number of rotatable bonds is 4. The van der Waals surface area contributed by atoms with Gasteiger partial charge in [0.15, 0.2) is 0 Å². The van der Waals surface area contributed by atoms with E-state index in [0.717, 1.165) is 17.9 Å². The fourth-order valence-electron chi connectivity index (χ4n) is 1.70. The van der Waals surface area contributed by atoms with Crippen LogP contribution < -0.4 is 4.74 Å². The zero-order valence-corrected chi connectivity index (χ0v) is 10.7. The molecule has 1 aromatic rings. The highest BCUT2D eigenvalue weighted by atomic mass is 16.5. The minimum Gasteiger partial charge on any atom is -0.496 e. The maximum atomic E-state index is 10.1. The second-order valence-electron chi connectivity index (χ2n) is 4.83. The Hall–Kier alpha value is -1.06. The third-order valence-corrected chi connectivity index (χ3v) is 2.42. The number of hydrogen-bond donors (Lipinski definition) is 1. The van der Waals surface area contributed by atoms with Crippen LogP contribution in [0.1, 0.15) is 25.0 Å². The number of hydrogen-bond acceptors (Lipinski definition) is 3. The smallest absolute Gasteiger partial charge is 0.124 e. The molecule has 1 rings (SSSR count). The maximum absolute atomic E-state index is 10.1. The summed E-state index contributed by atoms with van der Waals surface area (Å²) in [6.07, 6.45) is 0. The van der Waals surface area contributed by atoms with Crippen molar-refractivity contribution in [3.63, 3.8) is 0 Å². The number of nitrogens with zero attached hydrogens (tertiary/aromatic N) is 1. The van der Waals surface area contributed by atoms with Crippen molar-refractivity contribution in [3.05, 3.63) is 29.3 Å². The van der Waals surface area contributed by atoms with E-state index < -0.39 is 5.60 Å². The van der Waals surface area contributed by atoms with E-state index in [2.05, 4.69) is 4.90 Å². The van der Waals surface area contributed by atoms with Crippen molar-refractivity contribution in [2.45, 2.75) is 26.0 Å². The Balaban J connectivity index is 3.12. The van der Waals surface area contributed by atoms with Crippen LogP contribution in [0.5, 0.6) is 5.75 Å². The predicted molar refractivity (Wildman–Crippen MR) is 65.6 cm³/mol. The lowest BCUT2D eigenvalue weighted by Crippen LogP contribution is -2.18. The van der Waals surface area contributed by atoms with Crippen LogP contribution in [0.4, 0.5) is 0 Å². The average Bonchev–Trinajstić information content (AvgIpc) is 2.15. The van der Waals surface area contributed by atoms with E-state index in [1.807, 2.05) is 32.3 Å². The highest BCUT2D eigenvalue weighted by Crippen LogP contribution is 2.30. The van der Waals surface area contributed by atoms with Gasteiger partial charge in [-0.05, 0) is 45.6 Å². The highest BCUT2D eigenvalue weighted by molar-refractivity contribution is 5.40. The monoisotopic (exact) mass is 223 g/mol. The van der Waals surface area contributed by atoms with Crippen LogP contribution in [0.3, 0.4) is 0 Å². The van der Waals surface area contributed by atoms with Gasteiger partial charge >= 0.3 is 0 Å². The summed E-state index contributed by atoms with van der Waals surface area (Å²) in [4.78, 5) is 2.09. The van der Waals surface area contributed by atoms with Crippen LogP contribution in [0, 0.1) is 0 Å². The lowest BCUT2D eigenvalue weighted by atomic mass is 9.95. The summed E-state index contributed by atoms with van der Waals surface area (Å²) in [5, 5.41) is 10.1. The molecule has 0 aromatic heterocycles. The van der Waals surface area contributed by atoms with Crippen molar-refractivity contribution in [2.75, 3.05) is 21.2 Å². The van der Waals surface area contributed by atoms with Gasteiger partial charge in [-0.15, -0.1) is 0 Å². The molecule has 3 nitrogen and oxygen atoms in total. The van der Waals surface area contributed by atoms with Crippen molar-refractivity contribution >= 4 is 0 Å². The first-order chi connectivity index (χ1) is 7.34. The van der Waals surface area contributed by atoms with Crippen LogP contribution in [0.25, 0.3) is 0 Å². The van der Waals surface area contributed by atoms with Crippen molar-refractivity contribution in [1.29, 1.82) is 0 Å². The van der Waals surface area contributed by atoms with Gasteiger partial charge in [0.2, 0.25) is 0 Å². The van der Waals surface area contributed by atoms with Crippen LogP contribution in [-0.2, 0) is 12.1 Å². The molecule has 90 valence electrons. The average molecular weight is 223 g/mol. The van der Waals surface area contributed by atoms with Crippen molar-refractivity contribution in [1.82, 2.24) is 4.90 Å². The van der Waals surface area contributed by atoms with E-state index in [0.29, 0.717) is 0 Å². The van der Waals surface area contributed by atoms with E-state index >= 15 is 0 Å². The van der Waals surface area contributed by atoms with Gasteiger partial charge in [-0.1, -0.05) is 6.07 Å².